The molecule has 0 aromatic heterocycles. The van der Waals surface area contributed by atoms with Crippen molar-refractivity contribution in [2.45, 2.75) is 51.0 Å². The molecule has 5 nitrogen and oxygen atoms in total. The Kier molecular flexibility index (Phi) is 5.05. The lowest BCUT2D eigenvalue weighted by Crippen LogP contribution is -2.57. The predicted molar refractivity (Wildman–Crippen MR) is 95.1 cm³/mol. The predicted octanol–water partition coefficient (Wildman–Crippen LogP) is 2.54. The number of hydrogen-bond acceptors (Lipinski definition) is 3. The van der Waals surface area contributed by atoms with Crippen LogP contribution in [0.3, 0.4) is 0 Å². The maximum absolute atomic E-state index is 12.7. The molecule has 3 fully saturated rings. The molecule has 2 amide bonds. The van der Waals surface area contributed by atoms with Gasteiger partial charge in [0.25, 0.3) is 11.8 Å². The maximum atomic E-state index is 12.7. The van der Waals surface area contributed by atoms with E-state index in [1.807, 2.05) is 9.80 Å². The Morgan fingerprint density at radius 1 is 0.960 bits per heavy atom. The van der Waals surface area contributed by atoms with Gasteiger partial charge in [0.2, 0.25) is 0 Å². The third-order valence-electron chi connectivity index (χ3n) is 6.25. The van der Waals surface area contributed by atoms with Gasteiger partial charge in [-0.25, -0.2) is 0 Å². The molecule has 0 spiro atoms. The van der Waals surface area contributed by atoms with Crippen LogP contribution in [0.1, 0.15) is 44.9 Å². The van der Waals surface area contributed by atoms with E-state index in [2.05, 4.69) is 0 Å². The molecule has 0 aromatic rings. The highest BCUT2D eigenvalue weighted by Crippen LogP contribution is 2.35. The number of piperidine rings is 1. The van der Waals surface area contributed by atoms with E-state index in [0.717, 1.165) is 81.7 Å². The molecule has 2 atom stereocenters. The van der Waals surface area contributed by atoms with E-state index < -0.39 is 0 Å². The molecular formula is C19H27ClN2O3. The quantitative estimate of drug-likeness (QED) is 0.771. The highest BCUT2D eigenvalue weighted by molar-refractivity contribution is 6.32. The van der Waals surface area contributed by atoms with Gasteiger partial charge in [-0.15, -0.1) is 0 Å². The molecule has 138 valence electrons. The average Bonchev–Trinajstić information content (AvgIpc) is 3.24. The number of ether oxygens (including phenoxy) is 1. The van der Waals surface area contributed by atoms with Gasteiger partial charge in [-0.1, -0.05) is 11.6 Å². The van der Waals surface area contributed by atoms with E-state index in [4.69, 9.17) is 16.3 Å². The molecule has 0 N–H and O–H groups in total. The number of rotatable bonds is 3. The second-order valence-electron chi connectivity index (χ2n) is 7.90. The molecule has 4 rings (SSSR count). The lowest BCUT2D eigenvalue weighted by Gasteiger charge is -2.47. The Morgan fingerprint density at radius 2 is 1.76 bits per heavy atom. The molecule has 1 aliphatic carbocycles. The number of amides is 2. The molecule has 3 saturated heterocycles. The maximum Gasteiger partial charge on any atom is 0.251 e. The van der Waals surface area contributed by atoms with Crippen molar-refractivity contribution in [3.63, 3.8) is 0 Å². The molecule has 0 bridgehead atoms. The summed E-state index contributed by atoms with van der Waals surface area (Å²) in [6.45, 7) is 4.03. The highest BCUT2D eigenvalue weighted by Gasteiger charge is 2.41. The molecule has 3 aliphatic heterocycles. The van der Waals surface area contributed by atoms with Crippen molar-refractivity contribution in [3.8, 4) is 0 Å². The largest absolute Gasteiger partial charge is 0.368 e. The van der Waals surface area contributed by atoms with E-state index >= 15 is 0 Å². The summed E-state index contributed by atoms with van der Waals surface area (Å²) in [5.74, 6) is 1.35. The fourth-order valence-electron chi connectivity index (χ4n) is 4.67. The molecule has 3 heterocycles. The van der Waals surface area contributed by atoms with Crippen LogP contribution < -0.4 is 0 Å². The fraction of sp³-hybridized carbons (Fsp3) is 0.789. The normalized spacial score (nSPS) is 30.8. The number of halogens is 1. The van der Waals surface area contributed by atoms with Crippen LogP contribution in [0, 0.1) is 11.8 Å². The van der Waals surface area contributed by atoms with Gasteiger partial charge in [0.15, 0.2) is 0 Å². The molecule has 2 unspecified atom stereocenters. The first kappa shape index (κ1) is 17.3. The van der Waals surface area contributed by atoms with Gasteiger partial charge in [0, 0.05) is 43.4 Å². The number of carbonyl (C=O) groups excluding carboxylic acids is 2. The summed E-state index contributed by atoms with van der Waals surface area (Å²) in [5.41, 5.74) is 0.839. The van der Waals surface area contributed by atoms with Crippen molar-refractivity contribution >= 4 is 23.4 Å². The first-order chi connectivity index (χ1) is 12.1. The first-order valence-electron chi connectivity index (χ1n) is 9.70. The minimum absolute atomic E-state index is 0.152. The molecule has 0 saturated carbocycles. The topological polar surface area (TPSA) is 49.9 Å². The van der Waals surface area contributed by atoms with Crippen LogP contribution in [-0.2, 0) is 14.3 Å². The van der Waals surface area contributed by atoms with Crippen LogP contribution in [0.25, 0.3) is 0 Å². The van der Waals surface area contributed by atoms with Crippen molar-refractivity contribution in [1.82, 2.24) is 9.80 Å². The lowest BCUT2D eigenvalue weighted by atomic mass is 9.80. The zero-order chi connectivity index (χ0) is 17.4. The SMILES string of the molecule is O=C(C1=C(Cl)CCC1)N1CCCC(C2CN(C(=O)C3CCCO3)C2)C1. The molecular weight excluding hydrogens is 340 g/mol. The van der Waals surface area contributed by atoms with E-state index in [-0.39, 0.29) is 17.9 Å². The molecule has 25 heavy (non-hydrogen) atoms. The number of likely N-dealkylation sites (tertiary alicyclic amines) is 2. The van der Waals surface area contributed by atoms with Gasteiger partial charge in [0.05, 0.1) is 0 Å². The van der Waals surface area contributed by atoms with Gasteiger partial charge in [-0.3, -0.25) is 9.59 Å². The summed E-state index contributed by atoms with van der Waals surface area (Å²) in [6, 6.07) is 0. The van der Waals surface area contributed by atoms with E-state index in [0.29, 0.717) is 18.4 Å². The smallest absolute Gasteiger partial charge is 0.251 e. The van der Waals surface area contributed by atoms with E-state index in [1.165, 1.54) is 0 Å². The standard InChI is InChI=1S/C19H27ClN2O3/c20-16-6-1-5-15(16)18(23)21-8-2-4-13(10-21)14-11-22(12-14)19(24)17-7-3-9-25-17/h13-14,17H,1-12H2. The van der Waals surface area contributed by atoms with E-state index in [1.54, 1.807) is 0 Å². The summed E-state index contributed by atoms with van der Waals surface area (Å²) >= 11 is 6.22. The van der Waals surface area contributed by atoms with E-state index in [9.17, 15) is 9.59 Å². The minimum atomic E-state index is -0.207. The summed E-state index contributed by atoms with van der Waals surface area (Å²) in [7, 11) is 0. The van der Waals surface area contributed by atoms with Crippen molar-refractivity contribution in [3.05, 3.63) is 10.6 Å². The summed E-state index contributed by atoms with van der Waals surface area (Å²) in [5, 5.41) is 0.768. The first-order valence-corrected chi connectivity index (χ1v) is 10.1. The van der Waals surface area contributed by atoms with Crippen LogP contribution >= 0.6 is 11.6 Å². The van der Waals surface area contributed by atoms with Crippen molar-refractivity contribution in [1.29, 1.82) is 0 Å². The Bertz CT molecular complexity index is 579. The molecule has 0 radical (unpaired) electrons. The highest BCUT2D eigenvalue weighted by atomic mass is 35.5. The van der Waals surface area contributed by atoms with Crippen molar-refractivity contribution in [2.75, 3.05) is 32.8 Å². The molecule has 6 heteroatoms. The number of hydrogen-bond donors (Lipinski definition) is 0. The average molecular weight is 367 g/mol. The lowest BCUT2D eigenvalue weighted by molar-refractivity contribution is -0.150. The van der Waals surface area contributed by atoms with Crippen LogP contribution in [0.15, 0.2) is 10.6 Å². The minimum Gasteiger partial charge on any atom is -0.368 e. The summed E-state index contributed by atoms with van der Waals surface area (Å²) in [4.78, 5) is 29.0. The Morgan fingerprint density at radius 3 is 2.44 bits per heavy atom. The fourth-order valence-corrected chi connectivity index (χ4v) is 4.98. The van der Waals surface area contributed by atoms with Gasteiger partial charge in [0.1, 0.15) is 6.10 Å². The van der Waals surface area contributed by atoms with Gasteiger partial charge >= 0.3 is 0 Å². The van der Waals surface area contributed by atoms with Gasteiger partial charge in [-0.05, 0) is 56.8 Å². The molecule has 0 aromatic carbocycles. The third-order valence-corrected chi connectivity index (χ3v) is 6.66. The Hall–Kier alpha value is -1.07. The van der Waals surface area contributed by atoms with Crippen LogP contribution in [0.4, 0.5) is 0 Å². The summed E-state index contributed by atoms with van der Waals surface area (Å²) in [6.07, 6.45) is 6.53. The van der Waals surface area contributed by atoms with Crippen LogP contribution in [0.5, 0.6) is 0 Å². The molecule has 4 aliphatic rings. The number of allylic oxidation sites excluding steroid dienone is 1. The van der Waals surface area contributed by atoms with Crippen LogP contribution in [-0.4, -0.2) is 60.5 Å². The monoisotopic (exact) mass is 366 g/mol. The Balaban J connectivity index is 1.30. The summed E-state index contributed by atoms with van der Waals surface area (Å²) < 4.78 is 5.51. The Labute approximate surface area is 154 Å². The van der Waals surface area contributed by atoms with Crippen molar-refractivity contribution < 1.29 is 14.3 Å². The van der Waals surface area contributed by atoms with Gasteiger partial charge < -0.3 is 14.5 Å². The second kappa shape index (κ2) is 7.28. The van der Waals surface area contributed by atoms with Crippen molar-refractivity contribution in [2.24, 2.45) is 11.8 Å². The number of nitrogens with zero attached hydrogens (tertiary/aromatic N) is 2. The zero-order valence-corrected chi connectivity index (χ0v) is 15.5. The number of carbonyl (C=O) groups is 2. The second-order valence-corrected chi connectivity index (χ2v) is 8.35. The third kappa shape index (κ3) is 3.45. The zero-order valence-electron chi connectivity index (χ0n) is 14.7. The van der Waals surface area contributed by atoms with Crippen LogP contribution in [0.2, 0.25) is 0 Å². The van der Waals surface area contributed by atoms with Gasteiger partial charge in [-0.2, -0.15) is 0 Å².